The zero-order valence-corrected chi connectivity index (χ0v) is 10.5. The number of ether oxygens (including phenoxy) is 1. The normalized spacial score (nSPS) is 19.6. The highest BCUT2D eigenvalue weighted by atomic mass is 16.5. The Kier molecular flexibility index (Phi) is 7.03. The highest BCUT2D eigenvalue weighted by Gasteiger charge is 2.10. The molecule has 0 aromatic heterocycles. The van der Waals surface area contributed by atoms with Gasteiger partial charge in [-0.2, -0.15) is 0 Å². The predicted molar refractivity (Wildman–Crippen MR) is 65.2 cm³/mol. The van der Waals surface area contributed by atoms with Gasteiger partial charge in [-0.3, -0.25) is 0 Å². The number of hydrogen-bond acceptors (Lipinski definition) is 2. The van der Waals surface area contributed by atoms with E-state index in [0.717, 1.165) is 6.61 Å². The number of hydrogen-bond donors (Lipinski definition) is 0. The summed E-state index contributed by atoms with van der Waals surface area (Å²) in [4.78, 5) is 2.56. The molecule has 0 radical (unpaired) electrons. The number of likely N-dealkylation sites (tertiary alicyclic amines) is 1. The van der Waals surface area contributed by atoms with Gasteiger partial charge in [0.15, 0.2) is 0 Å². The van der Waals surface area contributed by atoms with Gasteiger partial charge in [0, 0.05) is 13.2 Å². The van der Waals surface area contributed by atoms with Crippen molar-refractivity contribution in [2.75, 3.05) is 26.2 Å². The monoisotopic (exact) mass is 213 g/mol. The van der Waals surface area contributed by atoms with Crippen LogP contribution in [0.25, 0.3) is 0 Å². The Balaban J connectivity index is 1.87. The van der Waals surface area contributed by atoms with E-state index < -0.39 is 0 Å². The molecule has 1 saturated heterocycles. The number of rotatable bonds is 8. The van der Waals surface area contributed by atoms with Gasteiger partial charge in [-0.1, -0.05) is 19.8 Å². The van der Waals surface area contributed by atoms with Gasteiger partial charge in [0.25, 0.3) is 0 Å². The molecule has 1 heterocycles. The van der Waals surface area contributed by atoms with Crippen LogP contribution in [0.15, 0.2) is 0 Å². The van der Waals surface area contributed by atoms with E-state index in [1.807, 2.05) is 0 Å². The highest BCUT2D eigenvalue weighted by Crippen LogP contribution is 2.08. The van der Waals surface area contributed by atoms with Crippen molar-refractivity contribution in [2.45, 2.75) is 58.5 Å². The average molecular weight is 213 g/mol. The third-order valence-corrected chi connectivity index (χ3v) is 3.18. The first-order valence-electron chi connectivity index (χ1n) is 6.67. The van der Waals surface area contributed by atoms with Crippen LogP contribution >= 0.6 is 0 Å². The minimum atomic E-state index is 0.462. The molecule has 90 valence electrons. The lowest BCUT2D eigenvalue weighted by Gasteiger charge is -2.16. The first kappa shape index (κ1) is 13.0. The Labute approximate surface area is 95.0 Å². The summed E-state index contributed by atoms with van der Waals surface area (Å²) >= 11 is 0. The fourth-order valence-corrected chi connectivity index (χ4v) is 2.15. The molecule has 1 unspecified atom stereocenters. The summed E-state index contributed by atoms with van der Waals surface area (Å²) in [5.74, 6) is 0. The fourth-order valence-electron chi connectivity index (χ4n) is 2.15. The molecular weight excluding hydrogens is 186 g/mol. The van der Waals surface area contributed by atoms with E-state index in [2.05, 4.69) is 18.7 Å². The van der Waals surface area contributed by atoms with Crippen molar-refractivity contribution in [1.29, 1.82) is 0 Å². The van der Waals surface area contributed by atoms with E-state index >= 15 is 0 Å². The van der Waals surface area contributed by atoms with Crippen molar-refractivity contribution >= 4 is 0 Å². The molecule has 1 aliphatic heterocycles. The predicted octanol–water partition coefficient (Wildman–Crippen LogP) is 3.07. The van der Waals surface area contributed by atoms with E-state index in [-0.39, 0.29) is 0 Å². The standard InChI is InChI=1S/C13H27NO/c1-3-4-8-13(2)15-12-7-11-14-9-5-6-10-14/h13H,3-12H2,1-2H3. The van der Waals surface area contributed by atoms with Gasteiger partial charge in [-0.25, -0.2) is 0 Å². The Morgan fingerprint density at radius 3 is 2.60 bits per heavy atom. The van der Waals surface area contributed by atoms with Crippen molar-refractivity contribution in [1.82, 2.24) is 4.90 Å². The minimum absolute atomic E-state index is 0.462. The van der Waals surface area contributed by atoms with Gasteiger partial charge in [0.05, 0.1) is 6.10 Å². The second-order valence-corrected chi connectivity index (χ2v) is 4.73. The van der Waals surface area contributed by atoms with Crippen molar-refractivity contribution in [3.8, 4) is 0 Å². The Morgan fingerprint density at radius 1 is 1.20 bits per heavy atom. The first-order valence-corrected chi connectivity index (χ1v) is 6.67. The van der Waals surface area contributed by atoms with Gasteiger partial charge in [0.1, 0.15) is 0 Å². The molecule has 0 bridgehead atoms. The fraction of sp³-hybridized carbons (Fsp3) is 1.00. The van der Waals surface area contributed by atoms with Gasteiger partial charge < -0.3 is 9.64 Å². The molecule has 1 aliphatic rings. The summed E-state index contributed by atoms with van der Waals surface area (Å²) in [5, 5.41) is 0. The lowest BCUT2D eigenvalue weighted by atomic mass is 10.2. The maximum absolute atomic E-state index is 5.78. The smallest absolute Gasteiger partial charge is 0.0547 e. The Morgan fingerprint density at radius 2 is 1.93 bits per heavy atom. The van der Waals surface area contributed by atoms with E-state index in [1.54, 1.807) is 0 Å². The zero-order valence-electron chi connectivity index (χ0n) is 10.5. The summed E-state index contributed by atoms with van der Waals surface area (Å²) in [6.45, 7) is 9.24. The van der Waals surface area contributed by atoms with Crippen molar-refractivity contribution in [3.05, 3.63) is 0 Å². The topological polar surface area (TPSA) is 12.5 Å². The Bertz CT molecular complexity index is 143. The third-order valence-electron chi connectivity index (χ3n) is 3.18. The van der Waals surface area contributed by atoms with Crippen LogP contribution in [0.5, 0.6) is 0 Å². The SMILES string of the molecule is CCCCC(C)OCCCN1CCCC1. The van der Waals surface area contributed by atoms with Crippen LogP contribution in [-0.2, 0) is 4.74 Å². The molecule has 15 heavy (non-hydrogen) atoms. The van der Waals surface area contributed by atoms with E-state index in [1.165, 1.54) is 58.2 Å². The summed E-state index contributed by atoms with van der Waals surface area (Å²) in [7, 11) is 0. The molecule has 0 aliphatic carbocycles. The quantitative estimate of drug-likeness (QED) is 0.575. The van der Waals surface area contributed by atoms with Crippen LogP contribution in [-0.4, -0.2) is 37.2 Å². The lowest BCUT2D eigenvalue weighted by Crippen LogP contribution is -2.22. The lowest BCUT2D eigenvalue weighted by molar-refractivity contribution is 0.0532. The van der Waals surface area contributed by atoms with Crippen LogP contribution in [0.1, 0.15) is 52.4 Å². The summed E-state index contributed by atoms with van der Waals surface area (Å²) in [6, 6.07) is 0. The van der Waals surface area contributed by atoms with Crippen LogP contribution in [0.4, 0.5) is 0 Å². The van der Waals surface area contributed by atoms with E-state index in [9.17, 15) is 0 Å². The molecule has 1 rings (SSSR count). The minimum Gasteiger partial charge on any atom is -0.378 e. The molecule has 0 aromatic carbocycles. The summed E-state index contributed by atoms with van der Waals surface area (Å²) < 4.78 is 5.78. The molecule has 0 spiro atoms. The third kappa shape index (κ3) is 6.16. The molecule has 1 atom stereocenters. The molecule has 1 fully saturated rings. The number of unbranched alkanes of at least 4 members (excludes halogenated alkanes) is 1. The second kappa shape index (κ2) is 8.12. The molecule has 0 aromatic rings. The van der Waals surface area contributed by atoms with E-state index in [4.69, 9.17) is 4.74 Å². The maximum Gasteiger partial charge on any atom is 0.0547 e. The maximum atomic E-state index is 5.78. The summed E-state index contributed by atoms with van der Waals surface area (Å²) in [6.07, 6.45) is 8.26. The molecule has 0 amide bonds. The van der Waals surface area contributed by atoms with Crippen LogP contribution in [0, 0.1) is 0 Å². The molecule has 2 heteroatoms. The number of nitrogens with zero attached hydrogens (tertiary/aromatic N) is 1. The van der Waals surface area contributed by atoms with Gasteiger partial charge in [-0.15, -0.1) is 0 Å². The molecule has 0 saturated carbocycles. The van der Waals surface area contributed by atoms with Crippen LogP contribution in [0.2, 0.25) is 0 Å². The zero-order chi connectivity index (χ0) is 10.9. The molecule has 2 nitrogen and oxygen atoms in total. The first-order chi connectivity index (χ1) is 7.33. The summed E-state index contributed by atoms with van der Waals surface area (Å²) in [5.41, 5.74) is 0. The molecular formula is C13H27NO. The molecule has 0 N–H and O–H groups in total. The van der Waals surface area contributed by atoms with Crippen LogP contribution in [0.3, 0.4) is 0 Å². The second-order valence-electron chi connectivity index (χ2n) is 4.73. The van der Waals surface area contributed by atoms with Gasteiger partial charge in [0.2, 0.25) is 0 Å². The van der Waals surface area contributed by atoms with Gasteiger partial charge in [-0.05, 0) is 45.7 Å². The largest absolute Gasteiger partial charge is 0.378 e. The average Bonchev–Trinajstić information content (AvgIpc) is 2.74. The van der Waals surface area contributed by atoms with Crippen molar-refractivity contribution in [2.24, 2.45) is 0 Å². The van der Waals surface area contributed by atoms with Crippen molar-refractivity contribution in [3.63, 3.8) is 0 Å². The Hall–Kier alpha value is -0.0800. The van der Waals surface area contributed by atoms with Crippen LogP contribution < -0.4 is 0 Å². The van der Waals surface area contributed by atoms with Crippen molar-refractivity contribution < 1.29 is 4.74 Å². The van der Waals surface area contributed by atoms with Gasteiger partial charge >= 0.3 is 0 Å². The highest BCUT2D eigenvalue weighted by molar-refractivity contribution is 4.65. The van der Waals surface area contributed by atoms with E-state index in [0.29, 0.717) is 6.10 Å².